The van der Waals surface area contributed by atoms with Gasteiger partial charge < -0.3 is 9.88 Å². The van der Waals surface area contributed by atoms with Crippen LogP contribution in [0.25, 0.3) is 10.9 Å². The Labute approximate surface area is 130 Å². The van der Waals surface area contributed by atoms with Crippen LogP contribution in [0.1, 0.15) is 39.3 Å². The highest BCUT2D eigenvalue weighted by molar-refractivity contribution is 9.10. The van der Waals surface area contributed by atoms with E-state index in [1.165, 1.54) is 33.9 Å². The first-order chi connectivity index (χ1) is 9.40. The molecule has 0 atom stereocenters. The summed E-state index contributed by atoms with van der Waals surface area (Å²) in [6, 6.07) is 8.61. The lowest BCUT2D eigenvalue weighted by Gasteiger charge is -2.20. The Morgan fingerprint density at radius 1 is 1.15 bits per heavy atom. The Bertz CT molecular complexity index is 578. The molecule has 110 valence electrons. The number of para-hydroxylation sites is 1. The van der Waals surface area contributed by atoms with Crippen molar-refractivity contribution in [2.45, 2.75) is 52.6 Å². The van der Waals surface area contributed by atoms with Crippen LogP contribution in [-0.2, 0) is 6.54 Å². The molecular weight excluding hydrogens is 312 g/mol. The summed E-state index contributed by atoms with van der Waals surface area (Å²) in [6.45, 7) is 11.0. The van der Waals surface area contributed by atoms with Crippen molar-refractivity contribution in [3.8, 4) is 0 Å². The van der Waals surface area contributed by atoms with Gasteiger partial charge in [0.2, 0.25) is 0 Å². The van der Waals surface area contributed by atoms with Crippen molar-refractivity contribution >= 4 is 26.8 Å². The largest absolute Gasteiger partial charge is 0.344 e. The average Bonchev–Trinajstić information content (AvgIpc) is 2.62. The van der Waals surface area contributed by atoms with Gasteiger partial charge in [-0.05, 0) is 69.1 Å². The molecule has 0 aliphatic rings. The summed E-state index contributed by atoms with van der Waals surface area (Å²) < 4.78 is 3.66. The highest BCUT2D eigenvalue weighted by Gasteiger charge is 2.11. The van der Waals surface area contributed by atoms with Crippen molar-refractivity contribution in [1.29, 1.82) is 0 Å². The molecular formula is C17H25BrN2. The molecule has 1 N–H and O–H groups in total. The van der Waals surface area contributed by atoms with E-state index in [1.54, 1.807) is 0 Å². The monoisotopic (exact) mass is 336 g/mol. The number of halogens is 1. The molecule has 0 unspecified atom stereocenters. The Morgan fingerprint density at radius 3 is 2.55 bits per heavy atom. The van der Waals surface area contributed by atoms with Crippen LogP contribution < -0.4 is 5.32 Å². The zero-order chi connectivity index (χ0) is 14.8. The first-order valence-electron chi connectivity index (χ1n) is 7.38. The summed E-state index contributed by atoms with van der Waals surface area (Å²) in [5.74, 6) is 0. The van der Waals surface area contributed by atoms with E-state index in [2.05, 4.69) is 77.8 Å². The van der Waals surface area contributed by atoms with Crippen LogP contribution in [-0.4, -0.2) is 16.7 Å². The number of unbranched alkanes of at least 4 members (excludes halogenated alkanes) is 1. The SMILES string of the molecule is Cc1c(Br)c2ccccc2n1CCCCNC(C)(C)C. The molecule has 0 aliphatic carbocycles. The molecule has 2 nitrogen and oxygen atoms in total. The number of hydrogen-bond acceptors (Lipinski definition) is 1. The van der Waals surface area contributed by atoms with Crippen LogP contribution in [0.3, 0.4) is 0 Å². The molecule has 0 radical (unpaired) electrons. The fourth-order valence-corrected chi connectivity index (χ4v) is 3.08. The third-order valence-electron chi connectivity index (χ3n) is 3.62. The fraction of sp³-hybridized carbons (Fsp3) is 0.529. The Morgan fingerprint density at radius 2 is 1.85 bits per heavy atom. The number of nitrogens with one attached hydrogen (secondary N) is 1. The molecule has 0 bridgehead atoms. The second-order valence-electron chi connectivity index (χ2n) is 6.45. The normalized spacial score (nSPS) is 12.2. The van der Waals surface area contributed by atoms with E-state index in [-0.39, 0.29) is 5.54 Å². The number of fused-ring (bicyclic) bond motifs is 1. The van der Waals surface area contributed by atoms with Crippen molar-refractivity contribution in [2.24, 2.45) is 0 Å². The average molecular weight is 337 g/mol. The molecule has 2 rings (SSSR count). The fourth-order valence-electron chi connectivity index (χ4n) is 2.54. The lowest BCUT2D eigenvalue weighted by molar-refractivity contribution is 0.414. The van der Waals surface area contributed by atoms with E-state index in [0.29, 0.717) is 0 Å². The van der Waals surface area contributed by atoms with E-state index in [0.717, 1.165) is 13.1 Å². The smallest absolute Gasteiger partial charge is 0.0494 e. The second-order valence-corrected chi connectivity index (χ2v) is 7.25. The van der Waals surface area contributed by atoms with Crippen molar-refractivity contribution in [3.63, 3.8) is 0 Å². The van der Waals surface area contributed by atoms with Gasteiger partial charge >= 0.3 is 0 Å². The minimum absolute atomic E-state index is 0.221. The van der Waals surface area contributed by atoms with Gasteiger partial charge in [-0.25, -0.2) is 0 Å². The highest BCUT2D eigenvalue weighted by atomic mass is 79.9. The molecule has 1 heterocycles. The quantitative estimate of drug-likeness (QED) is 0.770. The molecule has 0 fully saturated rings. The van der Waals surface area contributed by atoms with Gasteiger partial charge in [-0.2, -0.15) is 0 Å². The molecule has 3 heteroatoms. The number of hydrogen-bond donors (Lipinski definition) is 1. The minimum Gasteiger partial charge on any atom is -0.344 e. The third-order valence-corrected chi connectivity index (χ3v) is 4.62. The maximum Gasteiger partial charge on any atom is 0.0494 e. The first kappa shape index (κ1) is 15.6. The standard InChI is InChI=1S/C17H25BrN2/c1-13-16(18)14-9-5-6-10-15(14)20(13)12-8-7-11-19-17(2,3)4/h5-6,9-10,19H,7-8,11-12H2,1-4H3. The van der Waals surface area contributed by atoms with Gasteiger partial charge in [0.1, 0.15) is 0 Å². The third kappa shape index (κ3) is 3.64. The predicted octanol–water partition coefficient (Wildman–Crippen LogP) is 4.88. The number of aryl methyl sites for hydroxylation is 1. The first-order valence-corrected chi connectivity index (χ1v) is 8.18. The molecule has 2 aromatic rings. The maximum atomic E-state index is 3.72. The molecule has 0 aliphatic heterocycles. The van der Waals surface area contributed by atoms with Gasteiger partial charge in [-0.15, -0.1) is 0 Å². The zero-order valence-electron chi connectivity index (χ0n) is 13.0. The predicted molar refractivity (Wildman–Crippen MR) is 91.4 cm³/mol. The highest BCUT2D eigenvalue weighted by Crippen LogP contribution is 2.30. The van der Waals surface area contributed by atoms with Crippen LogP contribution in [0.5, 0.6) is 0 Å². The number of benzene rings is 1. The number of aromatic nitrogens is 1. The van der Waals surface area contributed by atoms with Crippen LogP contribution in [0, 0.1) is 6.92 Å². The summed E-state index contributed by atoms with van der Waals surface area (Å²) in [7, 11) is 0. The lowest BCUT2D eigenvalue weighted by Crippen LogP contribution is -2.36. The Hall–Kier alpha value is -0.800. The maximum absolute atomic E-state index is 3.72. The van der Waals surface area contributed by atoms with Crippen LogP contribution in [0.15, 0.2) is 28.7 Å². The van der Waals surface area contributed by atoms with Crippen molar-refractivity contribution in [1.82, 2.24) is 9.88 Å². The molecule has 0 saturated heterocycles. The summed E-state index contributed by atoms with van der Waals surface area (Å²) in [5.41, 5.74) is 2.88. The van der Waals surface area contributed by atoms with Gasteiger partial charge in [-0.1, -0.05) is 18.2 Å². The molecule has 0 spiro atoms. The molecule has 1 aromatic carbocycles. The van der Waals surface area contributed by atoms with Crippen molar-refractivity contribution in [3.05, 3.63) is 34.4 Å². The summed E-state index contributed by atoms with van der Waals surface area (Å²) in [4.78, 5) is 0. The van der Waals surface area contributed by atoms with Gasteiger partial charge in [-0.3, -0.25) is 0 Å². The van der Waals surface area contributed by atoms with E-state index in [4.69, 9.17) is 0 Å². The zero-order valence-corrected chi connectivity index (χ0v) is 14.5. The van der Waals surface area contributed by atoms with Gasteiger partial charge in [0.05, 0.1) is 0 Å². The van der Waals surface area contributed by atoms with Crippen molar-refractivity contribution < 1.29 is 0 Å². The van der Waals surface area contributed by atoms with Crippen LogP contribution in [0.2, 0.25) is 0 Å². The van der Waals surface area contributed by atoms with Gasteiger partial charge in [0.25, 0.3) is 0 Å². The van der Waals surface area contributed by atoms with Crippen LogP contribution >= 0.6 is 15.9 Å². The Balaban J connectivity index is 1.98. The van der Waals surface area contributed by atoms with E-state index in [9.17, 15) is 0 Å². The summed E-state index contributed by atoms with van der Waals surface area (Å²) in [5, 5.41) is 4.86. The summed E-state index contributed by atoms with van der Waals surface area (Å²) in [6.07, 6.45) is 2.41. The minimum atomic E-state index is 0.221. The molecule has 0 saturated carbocycles. The van der Waals surface area contributed by atoms with E-state index < -0.39 is 0 Å². The second kappa shape index (κ2) is 6.31. The topological polar surface area (TPSA) is 17.0 Å². The molecule has 1 aromatic heterocycles. The number of rotatable bonds is 5. The number of nitrogens with zero attached hydrogens (tertiary/aromatic N) is 1. The molecule has 20 heavy (non-hydrogen) atoms. The van der Waals surface area contributed by atoms with Crippen LogP contribution in [0.4, 0.5) is 0 Å². The Kier molecular flexibility index (Phi) is 4.92. The molecule has 0 amide bonds. The summed E-state index contributed by atoms with van der Waals surface area (Å²) >= 11 is 3.72. The van der Waals surface area contributed by atoms with Gasteiger partial charge in [0.15, 0.2) is 0 Å². The van der Waals surface area contributed by atoms with E-state index >= 15 is 0 Å². The van der Waals surface area contributed by atoms with Crippen molar-refractivity contribution in [2.75, 3.05) is 6.54 Å². The van der Waals surface area contributed by atoms with E-state index in [1.807, 2.05) is 0 Å². The van der Waals surface area contributed by atoms with Gasteiger partial charge in [0, 0.05) is 33.2 Å². The lowest BCUT2D eigenvalue weighted by atomic mass is 10.1.